The lowest BCUT2D eigenvalue weighted by Gasteiger charge is -2.33. The van der Waals surface area contributed by atoms with Crippen molar-refractivity contribution in [1.29, 1.82) is 0 Å². The lowest BCUT2D eigenvalue weighted by molar-refractivity contribution is 0.523. The van der Waals surface area contributed by atoms with Crippen molar-refractivity contribution < 1.29 is 8.78 Å². The molecule has 1 aliphatic heterocycles. The Kier molecular flexibility index (Phi) is 4.68. The molecule has 0 amide bonds. The molecule has 1 aliphatic rings. The average molecular weight is 383 g/mol. The largest absolute Gasteiger partial charge is 0.274 e. The van der Waals surface area contributed by atoms with Crippen molar-refractivity contribution in [3.63, 3.8) is 0 Å². The van der Waals surface area contributed by atoms with E-state index in [0.29, 0.717) is 11.9 Å². The number of halogens is 2. The van der Waals surface area contributed by atoms with Gasteiger partial charge in [0.1, 0.15) is 16.4 Å². The first kappa shape index (κ1) is 18.0. The second-order valence-electron chi connectivity index (χ2n) is 7.38. The Morgan fingerprint density at radius 1 is 1.11 bits per heavy atom. The van der Waals surface area contributed by atoms with Crippen molar-refractivity contribution in [3.8, 4) is 0 Å². The summed E-state index contributed by atoms with van der Waals surface area (Å²) in [5, 5.41) is 1.67. The molecule has 3 heterocycles. The van der Waals surface area contributed by atoms with Crippen molar-refractivity contribution in [2.75, 3.05) is 0 Å². The number of para-hydroxylation sites is 1. The summed E-state index contributed by atoms with van der Waals surface area (Å²) in [5.41, 5.74) is 2.23. The SMILES string of the molecule is CC1(C)CC(Cc2ccc(F)nc2)N=C(c2cnc3c(F)cccc3c2)S1. The van der Waals surface area contributed by atoms with Crippen LogP contribution in [0.15, 0.2) is 53.8 Å². The molecule has 0 saturated carbocycles. The van der Waals surface area contributed by atoms with Crippen LogP contribution in [0.25, 0.3) is 10.9 Å². The number of benzene rings is 1. The molecule has 4 rings (SSSR count). The molecule has 1 aromatic carbocycles. The van der Waals surface area contributed by atoms with E-state index in [4.69, 9.17) is 4.99 Å². The molecular weight excluding hydrogens is 364 g/mol. The highest BCUT2D eigenvalue weighted by atomic mass is 32.2. The second-order valence-corrected chi connectivity index (χ2v) is 9.08. The summed E-state index contributed by atoms with van der Waals surface area (Å²) in [6.45, 7) is 4.38. The summed E-state index contributed by atoms with van der Waals surface area (Å²) in [4.78, 5) is 13.0. The van der Waals surface area contributed by atoms with Gasteiger partial charge in [0.2, 0.25) is 5.95 Å². The van der Waals surface area contributed by atoms with Crippen LogP contribution < -0.4 is 0 Å². The molecule has 0 aliphatic carbocycles. The van der Waals surface area contributed by atoms with Crippen molar-refractivity contribution in [2.45, 2.75) is 37.5 Å². The van der Waals surface area contributed by atoms with E-state index >= 15 is 0 Å². The molecule has 1 unspecified atom stereocenters. The summed E-state index contributed by atoms with van der Waals surface area (Å²) in [6, 6.07) is 10.1. The molecule has 3 nitrogen and oxygen atoms in total. The number of aliphatic imine (C=N–C) groups is 1. The van der Waals surface area contributed by atoms with Gasteiger partial charge in [-0.3, -0.25) is 9.98 Å². The van der Waals surface area contributed by atoms with Gasteiger partial charge < -0.3 is 0 Å². The third kappa shape index (κ3) is 4.00. The van der Waals surface area contributed by atoms with Crippen LogP contribution in [0.1, 0.15) is 31.4 Å². The Morgan fingerprint density at radius 3 is 2.74 bits per heavy atom. The number of fused-ring (bicyclic) bond motifs is 1. The number of thioether (sulfide) groups is 1. The van der Waals surface area contributed by atoms with E-state index in [9.17, 15) is 8.78 Å². The van der Waals surface area contributed by atoms with Gasteiger partial charge in [-0.1, -0.05) is 43.8 Å². The van der Waals surface area contributed by atoms with Gasteiger partial charge in [-0.25, -0.2) is 9.37 Å². The van der Waals surface area contributed by atoms with Crippen LogP contribution >= 0.6 is 11.8 Å². The lowest BCUT2D eigenvalue weighted by atomic mass is 9.97. The van der Waals surface area contributed by atoms with Crippen LogP contribution in [0.3, 0.4) is 0 Å². The second kappa shape index (κ2) is 7.00. The predicted molar refractivity (Wildman–Crippen MR) is 106 cm³/mol. The monoisotopic (exact) mass is 383 g/mol. The minimum Gasteiger partial charge on any atom is -0.274 e. The summed E-state index contributed by atoms with van der Waals surface area (Å²) in [7, 11) is 0. The summed E-state index contributed by atoms with van der Waals surface area (Å²) in [6.07, 6.45) is 4.87. The first-order valence-corrected chi connectivity index (χ1v) is 9.63. The lowest BCUT2D eigenvalue weighted by Crippen LogP contribution is -2.31. The minimum absolute atomic E-state index is 0.00606. The van der Waals surface area contributed by atoms with E-state index in [1.807, 2.05) is 12.1 Å². The Balaban J connectivity index is 1.67. The van der Waals surface area contributed by atoms with Crippen LogP contribution in [0.4, 0.5) is 8.78 Å². The first-order chi connectivity index (χ1) is 12.9. The Hall–Kier alpha value is -2.34. The molecular formula is C21H19F2N3S. The molecule has 27 heavy (non-hydrogen) atoms. The Bertz CT molecular complexity index is 1020. The van der Waals surface area contributed by atoms with Crippen LogP contribution in [0, 0.1) is 11.8 Å². The summed E-state index contributed by atoms with van der Waals surface area (Å²) in [5.74, 6) is -0.795. The first-order valence-electron chi connectivity index (χ1n) is 8.81. The molecule has 0 saturated heterocycles. The Labute approximate surface area is 161 Å². The van der Waals surface area contributed by atoms with Gasteiger partial charge in [0.25, 0.3) is 0 Å². The third-order valence-corrected chi connectivity index (χ3v) is 5.82. The summed E-state index contributed by atoms with van der Waals surface area (Å²) >= 11 is 1.71. The highest BCUT2D eigenvalue weighted by molar-refractivity contribution is 8.15. The molecule has 0 fully saturated rings. The smallest absolute Gasteiger partial charge is 0.212 e. The fraction of sp³-hybridized carbons (Fsp3) is 0.286. The Morgan fingerprint density at radius 2 is 1.96 bits per heavy atom. The van der Waals surface area contributed by atoms with Gasteiger partial charge in [0, 0.05) is 28.1 Å². The van der Waals surface area contributed by atoms with Crippen LogP contribution in [-0.4, -0.2) is 25.8 Å². The maximum absolute atomic E-state index is 13.9. The van der Waals surface area contributed by atoms with E-state index in [2.05, 4.69) is 23.8 Å². The highest BCUT2D eigenvalue weighted by Gasteiger charge is 2.31. The zero-order valence-corrected chi connectivity index (χ0v) is 15.9. The van der Waals surface area contributed by atoms with Gasteiger partial charge in [0.15, 0.2) is 0 Å². The molecule has 0 radical (unpaired) electrons. The van der Waals surface area contributed by atoms with Crippen molar-refractivity contribution in [3.05, 3.63) is 71.7 Å². The fourth-order valence-corrected chi connectivity index (χ4v) is 4.63. The molecule has 3 aromatic rings. The number of hydrogen-bond acceptors (Lipinski definition) is 4. The maximum Gasteiger partial charge on any atom is 0.212 e. The van der Waals surface area contributed by atoms with Crippen molar-refractivity contribution in [1.82, 2.24) is 9.97 Å². The normalized spacial score (nSPS) is 19.1. The van der Waals surface area contributed by atoms with Crippen LogP contribution in [0.5, 0.6) is 0 Å². The standard InChI is InChI=1S/C21H19F2N3S/c1-21(2)10-16(8-13-6-7-18(23)24-11-13)26-20(27-21)15-9-14-4-3-5-17(22)19(14)25-12-15/h3-7,9,11-12,16H,8,10H2,1-2H3. The van der Waals surface area contributed by atoms with Crippen molar-refractivity contribution >= 4 is 27.7 Å². The number of pyridine rings is 2. The maximum atomic E-state index is 13.9. The number of rotatable bonds is 3. The quantitative estimate of drug-likeness (QED) is 0.585. The fourth-order valence-electron chi connectivity index (χ4n) is 3.40. The molecule has 1 atom stereocenters. The van der Waals surface area contributed by atoms with Crippen molar-refractivity contribution in [2.24, 2.45) is 4.99 Å². The van der Waals surface area contributed by atoms with E-state index in [0.717, 1.165) is 28.0 Å². The van der Waals surface area contributed by atoms with Gasteiger partial charge in [0.05, 0.1) is 6.04 Å². The molecule has 2 aromatic heterocycles. The number of nitrogens with zero attached hydrogens (tertiary/aromatic N) is 3. The molecule has 0 N–H and O–H groups in total. The van der Waals surface area contributed by atoms with E-state index in [1.165, 1.54) is 12.1 Å². The van der Waals surface area contributed by atoms with Gasteiger partial charge >= 0.3 is 0 Å². The minimum atomic E-state index is -0.475. The van der Waals surface area contributed by atoms with Crippen LogP contribution in [0.2, 0.25) is 0 Å². The van der Waals surface area contributed by atoms with E-state index in [1.54, 1.807) is 36.3 Å². The third-order valence-electron chi connectivity index (χ3n) is 4.57. The van der Waals surface area contributed by atoms with E-state index < -0.39 is 5.95 Å². The number of aromatic nitrogens is 2. The van der Waals surface area contributed by atoms with E-state index in [-0.39, 0.29) is 16.6 Å². The van der Waals surface area contributed by atoms with Crippen LogP contribution in [-0.2, 0) is 6.42 Å². The summed E-state index contributed by atoms with van der Waals surface area (Å²) < 4.78 is 26.9. The topological polar surface area (TPSA) is 38.1 Å². The van der Waals surface area contributed by atoms with Gasteiger partial charge in [-0.2, -0.15) is 4.39 Å². The average Bonchev–Trinajstić information content (AvgIpc) is 2.62. The molecule has 6 heteroatoms. The highest BCUT2D eigenvalue weighted by Crippen LogP contribution is 2.39. The van der Waals surface area contributed by atoms with Gasteiger partial charge in [-0.05, 0) is 36.6 Å². The molecule has 138 valence electrons. The number of hydrogen-bond donors (Lipinski definition) is 0. The predicted octanol–water partition coefficient (Wildman–Crippen LogP) is 5.18. The van der Waals surface area contributed by atoms with Gasteiger partial charge in [-0.15, -0.1) is 0 Å². The zero-order chi connectivity index (χ0) is 19.0. The zero-order valence-electron chi connectivity index (χ0n) is 15.1. The molecule has 0 bridgehead atoms. The molecule has 0 spiro atoms.